The van der Waals surface area contributed by atoms with E-state index in [1.54, 1.807) is 12.4 Å². The molecule has 1 amide bonds. The number of aromatic nitrogens is 1. The van der Waals surface area contributed by atoms with Crippen LogP contribution in [0.1, 0.15) is 24.1 Å². The van der Waals surface area contributed by atoms with Crippen LogP contribution in [0.5, 0.6) is 0 Å². The average Bonchev–Trinajstić information content (AvgIpc) is 2.51. The van der Waals surface area contributed by atoms with E-state index in [0.29, 0.717) is 6.54 Å². The van der Waals surface area contributed by atoms with Gasteiger partial charge in [-0.3, -0.25) is 9.78 Å². The molecule has 5 heteroatoms. The molecule has 0 aliphatic heterocycles. The molecule has 0 saturated carbocycles. The molecule has 1 aromatic heterocycles. The standard InChI is InChI=1S/C16H18BrN3O/c1-12(14-5-2-6-15(17)8-14)19-11-16(21)20-10-13-4-3-7-18-9-13/h2-9,12,19H,10-11H2,1H3,(H,20,21)/t12-/m0/s1. The predicted molar refractivity (Wildman–Crippen MR) is 86.6 cm³/mol. The van der Waals surface area contributed by atoms with Gasteiger partial charge in [-0.15, -0.1) is 0 Å². The zero-order chi connectivity index (χ0) is 15.1. The Morgan fingerprint density at radius 2 is 2.19 bits per heavy atom. The first-order valence-electron chi connectivity index (χ1n) is 6.79. The van der Waals surface area contributed by atoms with Crippen LogP contribution in [0.4, 0.5) is 0 Å². The molecule has 0 radical (unpaired) electrons. The molecule has 0 spiro atoms. The van der Waals surface area contributed by atoms with Crippen molar-refractivity contribution in [2.45, 2.75) is 19.5 Å². The van der Waals surface area contributed by atoms with Gasteiger partial charge in [-0.1, -0.05) is 34.1 Å². The average molecular weight is 348 g/mol. The minimum Gasteiger partial charge on any atom is -0.351 e. The maximum absolute atomic E-state index is 11.8. The normalized spacial score (nSPS) is 11.9. The van der Waals surface area contributed by atoms with Crippen molar-refractivity contribution in [3.8, 4) is 0 Å². The monoisotopic (exact) mass is 347 g/mol. The maximum atomic E-state index is 11.8. The summed E-state index contributed by atoms with van der Waals surface area (Å²) in [5.41, 5.74) is 2.13. The third kappa shape index (κ3) is 5.28. The number of hydrogen-bond acceptors (Lipinski definition) is 3. The fraction of sp³-hybridized carbons (Fsp3) is 0.250. The SMILES string of the molecule is C[C@H](NCC(=O)NCc1cccnc1)c1cccc(Br)c1. The summed E-state index contributed by atoms with van der Waals surface area (Å²) in [5.74, 6) is -0.0271. The predicted octanol–water partition coefficient (Wildman–Crippen LogP) is 2.81. The van der Waals surface area contributed by atoms with E-state index in [-0.39, 0.29) is 18.5 Å². The number of rotatable bonds is 6. The maximum Gasteiger partial charge on any atom is 0.234 e. The number of nitrogens with one attached hydrogen (secondary N) is 2. The number of carbonyl (C=O) groups excluding carboxylic acids is 1. The first-order valence-corrected chi connectivity index (χ1v) is 7.59. The van der Waals surface area contributed by atoms with Crippen molar-refractivity contribution in [3.63, 3.8) is 0 Å². The van der Waals surface area contributed by atoms with Crippen LogP contribution in [-0.2, 0) is 11.3 Å². The number of nitrogens with zero attached hydrogens (tertiary/aromatic N) is 1. The van der Waals surface area contributed by atoms with Crippen molar-refractivity contribution in [2.24, 2.45) is 0 Å². The van der Waals surface area contributed by atoms with Gasteiger partial charge in [-0.2, -0.15) is 0 Å². The number of carbonyl (C=O) groups is 1. The third-order valence-corrected chi connectivity index (χ3v) is 3.62. The van der Waals surface area contributed by atoms with E-state index in [1.807, 2.05) is 43.3 Å². The lowest BCUT2D eigenvalue weighted by Crippen LogP contribution is -2.34. The van der Waals surface area contributed by atoms with Gasteiger partial charge in [0.15, 0.2) is 0 Å². The molecule has 2 aromatic rings. The molecule has 1 atom stereocenters. The number of hydrogen-bond donors (Lipinski definition) is 2. The van der Waals surface area contributed by atoms with Crippen LogP contribution < -0.4 is 10.6 Å². The highest BCUT2D eigenvalue weighted by molar-refractivity contribution is 9.10. The molecule has 21 heavy (non-hydrogen) atoms. The Kier molecular flexibility index (Phi) is 5.90. The van der Waals surface area contributed by atoms with Crippen molar-refractivity contribution in [2.75, 3.05) is 6.54 Å². The lowest BCUT2D eigenvalue weighted by atomic mass is 10.1. The summed E-state index contributed by atoms with van der Waals surface area (Å²) < 4.78 is 1.04. The number of halogens is 1. The van der Waals surface area contributed by atoms with Crippen LogP contribution >= 0.6 is 15.9 Å². The second-order valence-corrected chi connectivity index (χ2v) is 5.71. The van der Waals surface area contributed by atoms with E-state index in [1.165, 1.54) is 0 Å². The van der Waals surface area contributed by atoms with E-state index in [9.17, 15) is 4.79 Å². The van der Waals surface area contributed by atoms with Crippen LogP contribution in [0.15, 0.2) is 53.3 Å². The Morgan fingerprint density at radius 1 is 1.33 bits per heavy atom. The molecular formula is C16H18BrN3O. The molecule has 2 rings (SSSR count). The first-order chi connectivity index (χ1) is 10.1. The van der Waals surface area contributed by atoms with Crippen molar-refractivity contribution in [1.29, 1.82) is 0 Å². The highest BCUT2D eigenvalue weighted by Gasteiger charge is 2.07. The van der Waals surface area contributed by atoms with Crippen molar-refractivity contribution in [1.82, 2.24) is 15.6 Å². The molecule has 0 saturated heterocycles. The minimum absolute atomic E-state index is 0.0271. The summed E-state index contributed by atoms with van der Waals surface area (Å²) in [7, 11) is 0. The summed E-state index contributed by atoms with van der Waals surface area (Å²) >= 11 is 3.45. The summed E-state index contributed by atoms with van der Waals surface area (Å²) in [6.07, 6.45) is 3.46. The van der Waals surface area contributed by atoms with Gasteiger partial charge in [0.25, 0.3) is 0 Å². The van der Waals surface area contributed by atoms with Crippen LogP contribution in [-0.4, -0.2) is 17.4 Å². The lowest BCUT2D eigenvalue weighted by molar-refractivity contribution is -0.120. The molecule has 1 aromatic carbocycles. The van der Waals surface area contributed by atoms with E-state index in [4.69, 9.17) is 0 Å². The molecule has 0 fully saturated rings. The fourth-order valence-corrected chi connectivity index (χ4v) is 2.32. The molecule has 0 bridgehead atoms. The van der Waals surface area contributed by atoms with Crippen LogP contribution in [0.3, 0.4) is 0 Å². The highest BCUT2D eigenvalue weighted by Crippen LogP contribution is 2.17. The van der Waals surface area contributed by atoms with Gasteiger partial charge < -0.3 is 10.6 Å². The van der Waals surface area contributed by atoms with Crippen LogP contribution in [0.2, 0.25) is 0 Å². The summed E-state index contributed by atoms with van der Waals surface area (Å²) in [6, 6.07) is 12.0. The number of benzene rings is 1. The highest BCUT2D eigenvalue weighted by atomic mass is 79.9. The fourth-order valence-electron chi connectivity index (χ4n) is 1.91. The lowest BCUT2D eigenvalue weighted by Gasteiger charge is -2.14. The summed E-state index contributed by atoms with van der Waals surface area (Å²) in [5, 5.41) is 6.08. The van der Waals surface area contributed by atoms with E-state index >= 15 is 0 Å². The van der Waals surface area contributed by atoms with Crippen LogP contribution in [0, 0.1) is 0 Å². The Bertz CT molecular complexity index is 589. The second kappa shape index (κ2) is 7.90. The van der Waals surface area contributed by atoms with Gasteiger partial charge in [0, 0.05) is 29.5 Å². The Balaban J connectivity index is 1.76. The van der Waals surface area contributed by atoms with Gasteiger partial charge in [0.05, 0.1) is 6.54 Å². The molecule has 4 nitrogen and oxygen atoms in total. The Labute approximate surface area is 133 Å². The van der Waals surface area contributed by atoms with Crippen molar-refractivity contribution >= 4 is 21.8 Å². The first kappa shape index (κ1) is 15.7. The van der Waals surface area contributed by atoms with Crippen molar-refractivity contribution < 1.29 is 4.79 Å². The number of amides is 1. The minimum atomic E-state index is -0.0271. The smallest absolute Gasteiger partial charge is 0.234 e. The molecule has 2 N–H and O–H groups in total. The third-order valence-electron chi connectivity index (χ3n) is 3.13. The zero-order valence-electron chi connectivity index (χ0n) is 11.8. The van der Waals surface area contributed by atoms with E-state index in [0.717, 1.165) is 15.6 Å². The quantitative estimate of drug-likeness (QED) is 0.844. The van der Waals surface area contributed by atoms with Gasteiger partial charge in [0.2, 0.25) is 5.91 Å². The summed E-state index contributed by atoms with van der Waals surface area (Å²) in [6.45, 7) is 2.82. The molecule has 0 aliphatic rings. The Morgan fingerprint density at radius 3 is 2.90 bits per heavy atom. The van der Waals surface area contributed by atoms with Crippen molar-refractivity contribution in [3.05, 3.63) is 64.4 Å². The zero-order valence-corrected chi connectivity index (χ0v) is 13.4. The van der Waals surface area contributed by atoms with Gasteiger partial charge in [-0.25, -0.2) is 0 Å². The largest absolute Gasteiger partial charge is 0.351 e. The van der Waals surface area contributed by atoms with E-state index < -0.39 is 0 Å². The molecule has 1 heterocycles. The van der Waals surface area contributed by atoms with Gasteiger partial charge in [0.1, 0.15) is 0 Å². The van der Waals surface area contributed by atoms with Gasteiger partial charge >= 0.3 is 0 Å². The molecular weight excluding hydrogens is 330 g/mol. The molecule has 0 aliphatic carbocycles. The summed E-state index contributed by atoms with van der Waals surface area (Å²) in [4.78, 5) is 15.8. The number of pyridine rings is 1. The van der Waals surface area contributed by atoms with Crippen LogP contribution in [0.25, 0.3) is 0 Å². The topological polar surface area (TPSA) is 54.0 Å². The van der Waals surface area contributed by atoms with Gasteiger partial charge in [-0.05, 0) is 36.2 Å². The molecule has 0 unspecified atom stereocenters. The molecule has 110 valence electrons. The Hall–Kier alpha value is -1.72. The van der Waals surface area contributed by atoms with E-state index in [2.05, 4.69) is 31.5 Å². The second-order valence-electron chi connectivity index (χ2n) is 4.80.